The Balaban J connectivity index is 2.34. The SMILES string of the molecule is CNCc1c(F)cccc1Sc1nc(C)cc(C)n1. The summed E-state index contributed by atoms with van der Waals surface area (Å²) in [6.45, 7) is 4.34. The van der Waals surface area contributed by atoms with Crippen molar-refractivity contribution >= 4 is 11.8 Å². The van der Waals surface area contributed by atoms with E-state index in [4.69, 9.17) is 0 Å². The molecule has 5 heteroatoms. The Labute approximate surface area is 116 Å². The van der Waals surface area contributed by atoms with E-state index in [1.165, 1.54) is 17.8 Å². The largest absolute Gasteiger partial charge is 0.316 e. The van der Waals surface area contributed by atoms with Crippen LogP contribution >= 0.6 is 11.8 Å². The topological polar surface area (TPSA) is 37.8 Å². The fourth-order valence-corrected chi connectivity index (χ4v) is 2.84. The molecule has 0 radical (unpaired) electrons. The van der Waals surface area contributed by atoms with Crippen LogP contribution in [-0.4, -0.2) is 17.0 Å². The van der Waals surface area contributed by atoms with Crippen LogP contribution < -0.4 is 5.32 Å². The lowest BCUT2D eigenvalue weighted by Crippen LogP contribution is -2.08. The molecule has 2 rings (SSSR count). The van der Waals surface area contributed by atoms with E-state index in [9.17, 15) is 4.39 Å². The normalized spacial score (nSPS) is 10.7. The third-order valence-electron chi connectivity index (χ3n) is 2.59. The molecule has 1 heterocycles. The molecule has 0 bridgehead atoms. The van der Waals surface area contributed by atoms with Gasteiger partial charge in [-0.25, -0.2) is 14.4 Å². The van der Waals surface area contributed by atoms with Crippen LogP contribution in [0.3, 0.4) is 0 Å². The Hall–Kier alpha value is -1.46. The van der Waals surface area contributed by atoms with Gasteiger partial charge in [-0.05, 0) is 50.9 Å². The van der Waals surface area contributed by atoms with Gasteiger partial charge in [0, 0.05) is 28.4 Å². The zero-order valence-electron chi connectivity index (χ0n) is 11.2. The number of nitrogens with one attached hydrogen (secondary N) is 1. The summed E-state index contributed by atoms with van der Waals surface area (Å²) < 4.78 is 13.8. The van der Waals surface area contributed by atoms with Crippen LogP contribution in [0.15, 0.2) is 34.3 Å². The number of hydrogen-bond donors (Lipinski definition) is 1. The first-order valence-electron chi connectivity index (χ1n) is 6.02. The highest BCUT2D eigenvalue weighted by atomic mass is 32.2. The van der Waals surface area contributed by atoms with Crippen molar-refractivity contribution in [2.24, 2.45) is 0 Å². The van der Waals surface area contributed by atoms with E-state index in [2.05, 4.69) is 15.3 Å². The van der Waals surface area contributed by atoms with Crippen LogP contribution in [0.1, 0.15) is 17.0 Å². The van der Waals surface area contributed by atoms with E-state index < -0.39 is 0 Å². The zero-order chi connectivity index (χ0) is 13.8. The molecule has 0 unspecified atom stereocenters. The van der Waals surface area contributed by atoms with Crippen molar-refractivity contribution in [3.8, 4) is 0 Å². The molecule has 1 N–H and O–H groups in total. The van der Waals surface area contributed by atoms with E-state index in [-0.39, 0.29) is 5.82 Å². The highest BCUT2D eigenvalue weighted by Crippen LogP contribution is 2.29. The first-order valence-corrected chi connectivity index (χ1v) is 6.84. The standard InChI is InChI=1S/C14H16FN3S/c1-9-7-10(2)18-14(17-9)19-13-6-4-5-12(15)11(13)8-16-3/h4-7,16H,8H2,1-3H3. The predicted octanol–water partition coefficient (Wildman–Crippen LogP) is 3.10. The Kier molecular flexibility index (Phi) is 4.50. The molecule has 0 aliphatic rings. The van der Waals surface area contributed by atoms with Crippen LogP contribution in [0.2, 0.25) is 0 Å². The lowest BCUT2D eigenvalue weighted by Gasteiger charge is -2.09. The number of hydrogen-bond acceptors (Lipinski definition) is 4. The summed E-state index contributed by atoms with van der Waals surface area (Å²) in [5.41, 5.74) is 2.49. The van der Waals surface area contributed by atoms with Gasteiger partial charge < -0.3 is 5.32 Å². The molecule has 2 aromatic rings. The van der Waals surface area contributed by atoms with Gasteiger partial charge in [0.15, 0.2) is 5.16 Å². The average molecular weight is 277 g/mol. The first-order chi connectivity index (χ1) is 9.10. The summed E-state index contributed by atoms with van der Waals surface area (Å²) in [6, 6.07) is 6.99. The number of rotatable bonds is 4. The van der Waals surface area contributed by atoms with Gasteiger partial charge in [0.05, 0.1) is 0 Å². The number of aromatic nitrogens is 2. The quantitative estimate of drug-likeness (QED) is 0.871. The molecule has 1 aromatic heterocycles. The number of halogens is 1. The lowest BCUT2D eigenvalue weighted by molar-refractivity contribution is 0.593. The van der Waals surface area contributed by atoms with Crippen LogP contribution in [0, 0.1) is 19.7 Å². The van der Waals surface area contributed by atoms with E-state index in [1.807, 2.05) is 26.0 Å². The molecule has 0 saturated carbocycles. The molecule has 0 atom stereocenters. The summed E-state index contributed by atoms with van der Waals surface area (Å²) >= 11 is 1.39. The summed E-state index contributed by atoms with van der Waals surface area (Å²) in [5.74, 6) is -0.205. The Morgan fingerprint density at radius 1 is 1.21 bits per heavy atom. The third-order valence-corrected chi connectivity index (χ3v) is 3.56. The van der Waals surface area contributed by atoms with Gasteiger partial charge in [-0.2, -0.15) is 0 Å². The van der Waals surface area contributed by atoms with Gasteiger partial charge in [-0.3, -0.25) is 0 Å². The Bertz CT molecular complexity index is 567. The lowest BCUT2D eigenvalue weighted by atomic mass is 10.2. The van der Waals surface area contributed by atoms with Gasteiger partial charge >= 0.3 is 0 Å². The summed E-state index contributed by atoms with van der Waals surface area (Å²) in [4.78, 5) is 9.59. The van der Waals surface area contributed by atoms with Gasteiger partial charge in [0.25, 0.3) is 0 Å². The van der Waals surface area contributed by atoms with Gasteiger partial charge in [-0.15, -0.1) is 0 Å². The molecule has 0 aliphatic heterocycles. The van der Waals surface area contributed by atoms with Crippen molar-refractivity contribution in [3.05, 3.63) is 47.0 Å². The van der Waals surface area contributed by atoms with E-state index in [1.54, 1.807) is 13.1 Å². The van der Waals surface area contributed by atoms with Crippen LogP contribution in [0.4, 0.5) is 4.39 Å². The molecule has 19 heavy (non-hydrogen) atoms. The summed E-state index contributed by atoms with van der Waals surface area (Å²) in [6.07, 6.45) is 0. The van der Waals surface area contributed by atoms with E-state index in [0.717, 1.165) is 16.3 Å². The van der Waals surface area contributed by atoms with Crippen LogP contribution in [-0.2, 0) is 6.54 Å². The molecule has 0 amide bonds. The second-order valence-corrected chi connectivity index (χ2v) is 5.29. The van der Waals surface area contributed by atoms with Crippen molar-refractivity contribution in [2.75, 3.05) is 7.05 Å². The smallest absolute Gasteiger partial charge is 0.192 e. The van der Waals surface area contributed by atoms with Crippen molar-refractivity contribution in [2.45, 2.75) is 30.4 Å². The minimum absolute atomic E-state index is 0.205. The maximum absolute atomic E-state index is 13.8. The molecule has 0 aliphatic carbocycles. The highest BCUT2D eigenvalue weighted by Gasteiger charge is 2.10. The Morgan fingerprint density at radius 2 is 1.89 bits per heavy atom. The molecular formula is C14H16FN3S. The number of nitrogens with zero attached hydrogens (tertiary/aromatic N) is 2. The van der Waals surface area contributed by atoms with E-state index >= 15 is 0 Å². The van der Waals surface area contributed by atoms with E-state index in [0.29, 0.717) is 17.3 Å². The van der Waals surface area contributed by atoms with Crippen molar-refractivity contribution in [3.63, 3.8) is 0 Å². The van der Waals surface area contributed by atoms with Gasteiger partial charge in [-0.1, -0.05) is 6.07 Å². The molecular weight excluding hydrogens is 261 g/mol. The first kappa shape index (κ1) is 14.0. The predicted molar refractivity (Wildman–Crippen MR) is 74.8 cm³/mol. The summed E-state index contributed by atoms with van der Waals surface area (Å²) in [5, 5.41) is 3.63. The molecule has 100 valence electrons. The van der Waals surface area contributed by atoms with Crippen LogP contribution in [0.25, 0.3) is 0 Å². The van der Waals surface area contributed by atoms with Crippen molar-refractivity contribution < 1.29 is 4.39 Å². The second kappa shape index (κ2) is 6.12. The molecule has 1 aromatic carbocycles. The maximum atomic E-state index is 13.8. The number of benzene rings is 1. The molecule has 3 nitrogen and oxygen atoms in total. The second-order valence-electron chi connectivity index (χ2n) is 4.28. The fraction of sp³-hybridized carbons (Fsp3) is 0.286. The molecule has 0 spiro atoms. The highest BCUT2D eigenvalue weighted by molar-refractivity contribution is 7.99. The zero-order valence-corrected chi connectivity index (χ0v) is 12.0. The van der Waals surface area contributed by atoms with Crippen molar-refractivity contribution in [1.82, 2.24) is 15.3 Å². The van der Waals surface area contributed by atoms with Gasteiger partial charge in [0.2, 0.25) is 0 Å². The minimum atomic E-state index is -0.205. The molecule has 0 saturated heterocycles. The fourth-order valence-electron chi connectivity index (χ4n) is 1.82. The third kappa shape index (κ3) is 3.52. The van der Waals surface area contributed by atoms with Crippen LogP contribution in [0.5, 0.6) is 0 Å². The van der Waals surface area contributed by atoms with Crippen molar-refractivity contribution in [1.29, 1.82) is 0 Å². The minimum Gasteiger partial charge on any atom is -0.316 e. The Morgan fingerprint density at radius 3 is 2.53 bits per heavy atom. The van der Waals surface area contributed by atoms with Gasteiger partial charge in [0.1, 0.15) is 5.82 Å². The molecule has 0 fully saturated rings. The average Bonchev–Trinajstić information content (AvgIpc) is 2.32. The summed E-state index contributed by atoms with van der Waals surface area (Å²) in [7, 11) is 1.80. The number of aryl methyl sites for hydroxylation is 2. The maximum Gasteiger partial charge on any atom is 0.192 e. The monoisotopic (exact) mass is 277 g/mol.